The third-order valence-electron chi connectivity index (χ3n) is 2.69. The fourth-order valence-electron chi connectivity index (χ4n) is 1.56. The molecule has 8 heteroatoms. The molecule has 0 spiro atoms. The van der Waals surface area contributed by atoms with Crippen LogP contribution in [0.5, 0.6) is 0 Å². The molecule has 0 unspecified atom stereocenters. The van der Waals surface area contributed by atoms with Crippen molar-refractivity contribution >= 4 is 54.0 Å². The lowest BCUT2D eigenvalue weighted by Crippen LogP contribution is -2.29. The van der Waals surface area contributed by atoms with Gasteiger partial charge in [0.15, 0.2) is 0 Å². The molecule has 0 heterocycles. The van der Waals surface area contributed by atoms with Gasteiger partial charge < -0.3 is 0 Å². The van der Waals surface area contributed by atoms with Crippen LogP contribution in [0.3, 0.4) is 0 Å². The Hall–Kier alpha value is -2.44. The first kappa shape index (κ1) is 19.6. The fraction of sp³-hybridized carbons (Fsp3) is 0. The number of benzene rings is 2. The third-order valence-corrected chi connectivity index (χ3v) is 2.94. The van der Waals surface area contributed by atoms with Gasteiger partial charge in [-0.1, -0.05) is 35.9 Å². The van der Waals surface area contributed by atoms with Crippen molar-refractivity contribution in [3.05, 3.63) is 70.2 Å². The lowest BCUT2D eigenvalue weighted by Gasteiger charge is -2.01. The van der Waals surface area contributed by atoms with E-state index in [9.17, 15) is 0 Å². The number of halogens is 2. The summed E-state index contributed by atoms with van der Waals surface area (Å²) in [6.45, 7) is 0. The van der Waals surface area contributed by atoms with Gasteiger partial charge in [-0.05, 0) is 35.4 Å². The summed E-state index contributed by atoms with van der Waals surface area (Å²) in [6.07, 6.45) is 3.11. The van der Waals surface area contributed by atoms with Crippen molar-refractivity contribution in [1.29, 1.82) is 10.7 Å². The SMILES string of the molecule is I.N#Cc1ccc(/C=N/NC(=N)N/N=C/c2ccc(Cl)cc2)cc1. The number of hydrazone groups is 2. The molecule has 0 aliphatic heterocycles. The summed E-state index contributed by atoms with van der Waals surface area (Å²) in [5.74, 6) is -0.0693. The van der Waals surface area contributed by atoms with E-state index in [2.05, 4.69) is 21.1 Å². The number of hydrogen-bond donors (Lipinski definition) is 3. The van der Waals surface area contributed by atoms with E-state index in [0.29, 0.717) is 10.6 Å². The average molecular weight is 453 g/mol. The van der Waals surface area contributed by atoms with Crippen molar-refractivity contribution in [2.24, 2.45) is 10.2 Å². The minimum Gasteiger partial charge on any atom is -0.266 e. The predicted octanol–water partition coefficient (Wildman–Crippen LogP) is 3.31. The van der Waals surface area contributed by atoms with Gasteiger partial charge in [0, 0.05) is 5.02 Å². The summed E-state index contributed by atoms with van der Waals surface area (Å²) in [5.41, 5.74) is 7.25. The van der Waals surface area contributed by atoms with E-state index in [1.807, 2.05) is 18.2 Å². The maximum absolute atomic E-state index is 8.70. The summed E-state index contributed by atoms with van der Waals surface area (Å²) in [5, 5.41) is 24.8. The van der Waals surface area contributed by atoms with E-state index in [-0.39, 0.29) is 29.9 Å². The molecule has 6 nitrogen and oxygen atoms in total. The van der Waals surface area contributed by atoms with Crippen LogP contribution in [-0.4, -0.2) is 18.4 Å². The maximum Gasteiger partial charge on any atom is 0.230 e. The molecular formula is C16H14ClIN6. The van der Waals surface area contributed by atoms with Crippen molar-refractivity contribution in [2.75, 3.05) is 0 Å². The molecule has 2 aromatic carbocycles. The normalized spacial score (nSPS) is 10.2. The molecule has 3 N–H and O–H groups in total. The molecule has 122 valence electrons. The second kappa shape index (κ2) is 10.4. The van der Waals surface area contributed by atoms with Crippen LogP contribution in [0, 0.1) is 16.7 Å². The minimum absolute atomic E-state index is 0. The lowest BCUT2D eigenvalue weighted by molar-refractivity contribution is 0.893. The summed E-state index contributed by atoms with van der Waals surface area (Å²) < 4.78 is 0. The summed E-state index contributed by atoms with van der Waals surface area (Å²) >= 11 is 5.78. The highest BCUT2D eigenvalue weighted by atomic mass is 127. The van der Waals surface area contributed by atoms with E-state index >= 15 is 0 Å². The molecule has 0 fully saturated rings. The van der Waals surface area contributed by atoms with Crippen LogP contribution in [0.2, 0.25) is 5.02 Å². The molecule has 0 saturated heterocycles. The highest BCUT2D eigenvalue weighted by molar-refractivity contribution is 14.0. The maximum atomic E-state index is 8.70. The van der Waals surface area contributed by atoms with Crippen LogP contribution in [-0.2, 0) is 0 Å². The Morgan fingerprint density at radius 2 is 1.42 bits per heavy atom. The monoisotopic (exact) mass is 452 g/mol. The van der Waals surface area contributed by atoms with Gasteiger partial charge in [0.1, 0.15) is 0 Å². The van der Waals surface area contributed by atoms with Gasteiger partial charge in [-0.15, -0.1) is 24.0 Å². The molecule has 0 atom stereocenters. The minimum atomic E-state index is -0.0693. The summed E-state index contributed by atoms with van der Waals surface area (Å²) in [7, 11) is 0. The van der Waals surface area contributed by atoms with E-state index in [1.165, 1.54) is 0 Å². The summed E-state index contributed by atoms with van der Waals surface area (Å²) in [6, 6.07) is 16.1. The van der Waals surface area contributed by atoms with Gasteiger partial charge in [0.25, 0.3) is 0 Å². The van der Waals surface area contributed by atoms with E-state index in [0.717, 1.165) is 11.1 Å². The number of nitrogens with one attached hydrogen (secondary N) is 3. The molecule has 2 aromatic rings. The highest BCUT2D eigenvalue weighted by Gasteiger charge is 1.92. The molecule has 0 aliphatic rings. The summed E-state index contributed by atoms with van der Waals surface area (Å²) in [4.78, 5) is 0. The Bertz CT molecular complexity index is 763. The zero-order chi connectivity index (χ0) is 16.5. The Balaban J connectivity index is 0.00000288. The Kier molecular flexibility index (Phi) is 8.46. The van der Waals surface area contributed by atoms with Crippen LogP contribution in [0.1, 0.15) is 16.7 Å². The molecule has 2 rings (SSSR count). The number of guanidine groups is 1. The Morgan fingerprint density at radius 3 is 1.88 bits per heavy atom. The van der Waals surface area contributed by atoms with Crippen molar-refractivity contribution in [1.82, 2.24) is 10.9 Å². The largest absolute Gasteiger partial charge is 0.266 e. The molecule has 0 amide bonds. The van der Waals surface area contributed by atoms with Crippen LogP contribution < -0.4 is 10.9 Å². The first-order valence-electron chi connectivity index (χ1n) is 6.60. The fourth-order valence-corrected chi connectivity index (χ4v) is 1.69. The zero-order valence-electron chi connectivity index (χ0n) is 12.4. The first-order valence-corrected chi connectivity index (χ1v) is 6.97. The molecule has 0 bridgehead atoms. The second-order valence-electron chi connectivity index (χ2n) is 4.40. The van der Waals surface area contributed by atoms with Crippen LogP contribution in [0.15, 0.2) is 58.7 Å². The molecule has 0 saturated carbocycles. The Morgan fingerprint density at radius 1 is 0.958 bits per heavy atom. The van der Waals surface area contributed by atoms with E-state index in [4.69, 9.17) is 22.3 Å². The second-order valence-corrected chi connectivity index (χ2v) is 4.84. The van der Waals surface area contributed by atoms with Gasteiger partial charge >= 0.3 is 0 Å². The third kappa shape index (κ3) is 6.76. The first-order chi connectivity index (χ1) is 11.2. The highest BCUT2D eigenvalue weighted by Crippen LogP contribution is 2.07. The lowest BCUT2D eigenvalue weighted by atomic mass is 10.2. The quantitative estimate of drug-likeness (QED) is 0.287. The molecule has 0 aliphatic carbocycles. The van der Waals surface area contributed by atoms with Gasteiger partial charge in [0.2, 0.25) is 5.96 Å². The Labute approximate surface area is 161 Å². The van der Waals surface area contributed by atoms with Gasteiger partial charge in [0.05, 0.1) is 24.1 Å². The smallest absolute Gasteiger partial charge is 0.230 e. The van der Waals surface area contributed by atoms with Crippen LogP contribution in [0.4, 0.5) is 0 Å². The molecule has 0 radical (unpaired) electrons. The molecule has 0 aromatic heterocycles. The van der Waals surface area contributed by atoms with E-state index < -0.39 is 0 Å². The van der Waals surface area contributed by atoms with Gasteiger partial charge in [-0.2, -0.15) is 15.5 Å². The number of hydrogen-bond acceptors (Lipinski definition) is 4. The van der Waals surface area contributed by atoms with Crippen molar-refractivity contribution in [3.8, 4) is 6.07 Å². The standard InChI is InChI=1S/C16H13ClN6.HI/c17-15-7-5-14(6-8-15)11-21-23-16(19)22-20-10-13-3-1-12(9-18)2-4-13;/h1-8,10-11H,(H3,19,22,23);1H/b20-10+,21-11+;. The average Bonchev–Trinajstić information content (AvgIpc) is 2.57. The molecular weight excluding hydrogens is 439 g/mol. The number of nitriles is 1. The van der Waals surface area contributed by atoms with E-state index in [1.54, 1.807) is 48.8 Å². The zero-order valence-corrected chi connectivity index (χ0v) is 15.5. The van der Waals surface area contributed by atoms with Crippen LogP contribution >= 0.6 is 35.6 Å². The predicted molar refractivity (Wildman–Crippen MR) is 107 cm³/mol. The number of nitrogens with zero attached hydrogens (tertiary/aromatic N) is 3. The van der Waals surface area contributed by atoms with Crippen LogP contribution in [0.25, 0.3) is 0 Å². The van der Waals surface area contributed by atoms with Gasteiger partial charge in [-0.25, -0.2) is 10.9 Å². The number of rotatable bonds is 4. The van der Waals surface area contributed by atoms with Gasteiger partial charge in [-0.3, -0.25) is 5.41 Å². The van der Waals surface area contributed by atoms with Crippen molar-refractivity contribution in [2.45, 2.75) is 0 Å². The topological polar surface area (TPSA) is 96.4 Å². The van der Waals surface area contributed by atoms with Crippen molar-refractivity contribution < 1.29 is 0 Å². The molecule has 24 heavy (non-hydrogen) atoms. The van der Waals surface area contributed by atoms with Crippen molar-refractivity contribution in [3.63, 3.8) is 0 Å².